The maximum absolute atomic E-state index is 13.2. The second-order valence-corrected chi connectivity index (χ2v) is 8.59. The largest absolute Gasteiger partial charge is 0.481 e. The van der Waals surface area contributed by atoms with Crippen molar-refractivity contribution in [3.05, 3.63) is 95.7 Å². The highest BCUT2D eigenvalue weighted by atomic mass is 16.4. The van der Waals surface area contributed by atoms with Crippen LogP contribution < -0.4 is 16.0 Å². The van der Waals surface area contributed by atoms with E-state index in [-0.39, 0.29) is 28.9 Å². The van der Waals surface area contributed by atoms with E-state index in [1.165, 1.54) is 24.3 Å². The summed E-state index contributed by atoms with van der Waals surface area (Å²) in [6.07, 6.45) is 0.957. The first kappa shape index (κ1) is 26.6. The van der Waals surface area contributed by atoms with Gasteiger partial charge >= 0.3 is 11.9 Å². The number of H-pyrrole nitrogens is 1. The van der Waals surface area contributed by atoms with E-state index in [0.717, 1.165) is 16.5 Å². The van der Waals surface area contributed by atoms with Gasteiger partial charge in [0, 0.05) is 23.5 Å². The third-order valence-electron chi connectivity index (χ3n) is 5.88. The number of aromatic amines is 1. The van der Waals surface area contributed by atoms with Crippen LogP contribution in [0, 0.1) is 0 Å². The molecule has 0 fully saturated rings. The van der Waals surface area contributed by atoms with Crippen molar-refractivity contribution in [1.29, 1.82) is 0 Å². The molecule has 1 atom stereocenters. The molecule has 1 unspecified atom stereocenters. The highest BCUT2D eigenvalue weighted by Gasteiger charge is 2.24. The summed E-state index contributed by atoms with van der Waals surface area (Å²) in [6, 6.07) is 18.2. The number of benzene rings is 3. The Labute approximate surface area is 221 Å². The van der Waals surface area contributed by atoms with Gasteiger partial charge in [-0.3, -0.25) is 19.2 Å². The Balaban J connectivity index is 1.52. The quantitative estimate of drug-likeness (QED) is 0.171. The summed E-state index contributed by atoms with van der Waals surface area (Å²) in [6.45, 7) is 0. The van der Waals surface area contributed by atoms with Gasteiger partial charge in [0.2, 0.25) is 5.91 Å². The van der Waals surface area contributed by atoms with Crippen LogP contribution in [-0.4, -0.2) is 50.9 Å². The number of carbonyl (C=O) groups is 5. The molecule has 0 saturated carbocycles. The van der Waals surface area contributed by atoms with Crippen LogP contribution in [0.3, 0.4) is 0 Å². The van der Waals surface area contributed by atoms with Crippen molar-refractivity contribution < 1.29 is 34.2 Å². The molecule has 6 N–H and O–H groups in total. The SMILES string of the molecule is O=C(O)CC(=O)Nc1ccccc1C(=O)Nc1ccccc1C(=O)NC(Cc1c[nH]c2ccccc12)C(=O)O. The lowest BCUT2D eigenvalue weighted by molar-refractivity contribution is -0.140. The van der Waals surface area contributed by atoms with E-state index >= 15 is 0 Å². The highest BCUT2D eigenvalue weighted by Crippen LogP contribution is 2.22. The molecule has 0 spiro atoms. The third-order valence-corrected chi connectivity index (χ3v) is 5.88. The minimum atomic E-state index is -1.32. The molecule has 0 aliphatic heterocycles. The fourth-order valence-corrected chi connectivity index (χ4v) is 4.06. The van der Waals surface area contributed by atoms with E-state index in [1.807, 2.05) is 24.3 Å². The van der Waals surface area contributed by atoms with Crippen LogP contribution in [0.2, 0.25) is 0 Å². The monoisotopic (exact) mass is 528 g/mol. The number of carboxylic acids is 2. The molecule has 3 amide bonds. The highest BCUT2D eigenvalue weighted by molar-refractivity contribution is 6.13. The lowest BCUT2D eigenvalue weighted by Crippen LogP contribution is -2.42. The van der Waals surface area contributed by atoms with E-state index in [9.17, 15) is 29.1 Å². The first-order chi connectivity index (χ1) is 18.7. The number of hydrogen-bond acceptors (Lipinski definition) is 5. The third kappa shape index (κ3) is 6.46. The molecule has 1 heterocycles. The minimum Gasteiger partial charge on any atom is -0.481 e. The van der Waals surface area contributed by atoms with E-state index in [2.05, 4.69) is 20.9 Å². The Morgan fingerprint density at radius 3 is 2.00 bits per heavy atom. The smallest absolute Gasteiger partial charge is 0.326 e. The molecule has 11 nitrogen and oxygen atoms in total. The van der Waals surface area contributed by atoms with Crippen LogP contribution in [0.15, 0.2) is 79.0 Å². The van der Waals surface area contributed by atoms with Crippen LogP contribution in [-0.2, 0) is 20.8 Å². The molecule has 4 rings (SSSR count). The number of fused-ring (bicyclic) bond motifs is 1. The predicted octanol–water partition coefficient (Wildman–Crippen LogP) is 3.26. The van der Waals surface area contributed by atoms with Crippen LogP contribution in [0.25, 0.3) is 10.9 Å². The van der Waals surface area contributed by atoms with Crippen molar-refractivity contribution in [2.75, 3.05) is 10.6 Å². The van der Waals surface area contributed by atoms with Gasteiger partial charge in [-0.15, -0.1) is 0 Å². The van der Waals surface area contributed by atoms with Crippen LogP contribution in [0.4, 0.5) is 11.4 Å². The second kappa shape index (κ2) is 11.7. The van der Waals surface area contributed by atoms with Crippen molar-refractivity contribution in [1.82, 2.24) is 10.3 Å². The zero-order chi connectivity index (χ0) is 27.9. The second-order valence-electron chi connectivity index (χ2n) is 8.59. The number of carboxylic acid groups (broad SMARTS) is 2. The molecule has 198 valence electrons. The van der Waals surface area contributed by atoms with Crippen molar-refractivity contribution >= 4 is 51.9 Å². The fraction of sp³-hybridized carbons (Fsp3) is 0.107. The number of aromatic nitrogens is 1. The number of aliphatic carboxylic acids is 2. The Kier molecular flexibility index (Phi) is 8.00. The number of nitrogens with one attached hydrogen (secondary N) is 4. The normalized spacial score (nSPS) is 11.4. The summed E-state index contributed by atoms with van der Waals surface area (Å²) in [5, 5.41) is 27.0. The van der Waals surface area contributed by atoms with Gasteiger partial charge in [-0.05, 0) is 35.9 Å². The Bertz CT molecular complexity index is 1580. The van der Waals surface area contributed by atoms with Crippen molar-refractivity contribution in [2.24, 2.45) is 0 Å². The van der Waals surface area contributed by atoms with E-state index in [1.54, 1.807) is 30.5 Å². The van der Waals surface area contributed by atoms with Gasteiger partial charge < -0.3 is 31.1 Å². The summed E-state index contributed by atoms with van der Waals surface area (Å²) >= 11 is 0. The lowest BCUT2D eigenvalue weighted by atomic mass is 10.0. The summed E-state index contributed by atoms with van der Waals surface area (Å²) in [5.74, 6) is -4.73. The van der Waals surface area contributed by atoms with E-state index < -0.39 is 42.1 Å². The average Bonchev–Trinajstić information content (AvgIpc) is 3.31. The number of rotatable bonds is 10. The van der Waals surface area contributed by atoms with Gasteiger partial charge in [0.05, 0.1) is 22.5 Å². The molecule has 0 aliphatic carbocycles. The molecule has 3 aromatic carbocycles. The number of carbonyl (C=O) groups excluding carboxylic acids is 3. The molecular formula is C28H24N4O7. The Morgan fingerprint density at radius 1 is 0.744 bits per heavy atom. The van der Waals surface area contributed by atoms with Crippen LogP contribution in [0.5, 0.6) is 0 Å². The van der Waals surface area contributed by atoms with Gasteiger partial charge in [0.1, 0.15) is 12.5 Å². The average molecular weight is 529 g/mol. The first-order valence-corrected chi connectivity index (χ1v) is 11.8. The summed E-state index contributed by atoms with van der Waals surface area (Å²) < 4.78 is 0. The number of anilines is 2. The summed E-state index contributed by atoms with van der Waals surface area (Å²) in [5.41, 5.74) is 1.84. The van der Waals surface area contributed by atoms with Crippen molar-refractivity contribution in [3.8, 4) is 0 Å². The molecule has 4 aromatic rings. The number of hydrogen-bond donors (Lipinski definition) is 6. The maximum Gasteiger partial charge on any atom is 0.326 e. The molecular weight excluding hydrogens is 504 g/mol. The van der Waals surface area contributed by atoms with Gasteiger partial charge in [-0.2, -0.15) is 0 Å². The number of amides is 3. The Hall–Kier alpha value is -5.45. The first-order valence-electron chi connectivity index (χ1n) is 11.8. The van der Waals surface area contributed by atoms with Gasteiger partial charge in [-0.1, -0.05) is 42.5 Å². The molecule has 1 aromatic heterocycles. The zero-order valence-corrected chi connectivity index (χ0v) is 20.4. The minimum absolute atomic E-state index is 0.0308. The predicted molar refractivity (Wildman–Crippen MR) is 143 cm³/mol. The lowest BCUT2D eigenvalue weighted by Gasteiger charge is -2.17. The molecule has 0 aliphatic rings. The maximum atomic E-state index is 13.2. The van der Waals surface area contributed by atoms with E-state index in [4.69, 9.17) is 5.11 Å². The summed E-state index contributed by atoms with van der Waals surface area (Å²) in [4.78, 5) is 64.0. The molecule has 39 heavy (non-hydrogen) atoms. The molecule has 11 heteroatoms. The topological polar surface area (TPSA) is 178 Å². The van der Waals surface area contributed by atoms with Crippen LogP contribution >= 0.6 is 0 Å². The zero-order valence-electron chi connectivity index (χ0n) is 20.4. The van der Waals surface area contributed by atoms with Gasteiger partial charge in [0.15, 0.2) is 0 Å². The van der Waals surface area contributed by atoms with E-state index in [0.29, 0.717) is 0 Å². The molecule has 0 radical (unpaired) electrons. The fourth-order valence-electron chi connectivity index (χ4n) is 4.06. The van der Waals surface area contributed by atoms with Crippen molar-refractivity contribution in [3.63, 3.8) is 0 Å². The summed E-state index contributed by atoms with van der Waals surface area (Å²) in [7, 11) is 0. The van der Waals surface area contributed by atoms with Gasteiger partial charge in [0.25, 0.3) is 11.8 Å². The van der Waals surface area contributed by atoms with Crippen molar-refractivity contribution in [2.45, 2.75) is 18.9 Å². The standard InChI is InChI=1S/C28H24N4O7/c33-24(14-25(34)35)30-21-11-5-2-8-18(21)26(36)31-22-12-6-3-9-19(22)27(37)32-23(28(38)39)13-16-15-29-20-10-4-1-7-17(16)20/h1-12,15,23,29H,13-14H2,(H,30,33)(H,31,36)(H,32,37)(H,34,35)(H,38,39). The molecule has 0 bridgehead atoms. The Morgan fingerprint density at radius 2 is 1.33 bits per heavy atom. The molecule has 0 saturated heterocycles. The van der Waals surface area contributed by atoms with Gasteiger partial charge in [-0.25, -0.2) is 4.79 Å². The van der Waals surface area contributed by atoms with Crippen LogP contribution in [0.1, 0.15) is 32.7 Å². The number of para-hydroxylation sites is 3.